The van der Waals surface area contributed by atoms with Gasteiger partial charge in [0.1, 0.15) is 9.84 Å². The van der Waals surface area contributed by atoms with E-state index in [1.807, 2.05) is 0 Å². The third-order valence-corrected chi connectivity index (χ3v) is 3.96. The summed E-state index contributed by atoms with van der Waals surface area (Å²) in [5.41, 5.74) is 5.55. The van der Waals surface area contributed by atoms with E-state index in [0.717, 1.165) is 6.26 Å². The fourth-order valence-corrected chi connectivity index (χ4v) is 2.69. The highest BCUT2D eigenvalue weighted by atomic mass is 32.2. The Bertz CT molecular complexity index is 380. The standard InChI is InChI=1S/C9H20N2O4S2/c1-7(6-16(2)13)11-9(12)8(10)4-5-17(3,14)15/h7-8H,4-6,10H2,1-3H3,(H,11,12). The molecule has 0 spiro atoms. The summed E-state index contributed by atoms with van der Waals surface area (Å²) in [6.45, 7) is 1.72. The third kappa shape index (κ3) is 9.25. The van der Waals surface area contributed by atoms with Crippen LogP contribution in [0.2, 0.25) is 0 Å². The van der Waals surface area contributed by atoms with Crippen LogP contribution in [0.15, 0.2) is 0 Å². The zero-order chi connectivity index (χ0) is 13.6. The summed E-state index contributed by atoms with van der Waals surface area (Å²) >= 11 is 0. The summed E-state index contributed by atoms with van der Waals surface area (Å²) in [5, 5.41) is 2.60. The van der Waals surface area contributed by atoms with Crippen LogP contribution in [0, 0.1) is 0 Å². The molecule has 0 aromatic rings. The summed E-state index contributed by atoms with van der Waals surface area (Å²) in [6, 6.07) is -1.09. The van der Waals surface area contributed by atoms with Crippen molar-refractivity contribution in [1.82, 2.24) is 5.32 Å². The second-order valence-electron chi connectivity index (χ2n) is 4.17. The maximum atomic E-state index is 11.5. The molecule has 8 heteroatoms. The summed E-state index contributed by atoms with van der Waals surface area (Å²) in [6.07, 6.45) is 2.74. The Morgan fingerprint density at radius 1 is 1.47 bits per heavy atom. The molecule has 0 saturated heterocycles. The van der Waals surface area contributed by atoms with E-state index in [-0.39, 0.29) is 18.2 Å². The highest BCUT2D eigenvalue weighted by Gasteiger charge is 2.17. The highest BCUT2D eigenvalue weighted by Crippen LogP contribution is 1.95. The molecular formula is C9H20N2O4S2. The van der Waals surface area contributed by atoms with E-state index in [2.05, 4.69) is 5.32 Å². The van der Waals surface area contributed by atoms with Crippen molar-refractivity contribution < 1.29 is 17.4 Å². The molecule has 0 aliphatic heterocycles. The van der Waals surface area contributed by atoms with E-state index >= 15 is 0 Å². The Labute approximate surface area is 105 Å². The highest BCUT2D eigenvalue weighted by molar-refractivity contribution is 7.90. The monoisotopic (exact) mass is 284 g/mol. The number of amides is 1. The molecule has 6 nitrogen and oxygen atoms in total. The minimum atomic E-state index is -3.11. The van der Waals surface area contributed by atoms with Crippen LogP contribution in [-0.2, 0) is 25.4 Å². The van der Waals surface area contributed by atoms with Gasteiger partial charge in [-0.1, -0.05) is 0 Å². The van der Waals surface area contributed by atoms with Gasteiger partial charge in [-0.05, 0) is 13.3 Å². The molecule has 0 radical (unpaired) electrons. The molecule has 102 valence electrons. The molecule has 0 rings (SSSR count). The van der Waals surface area contributed by atoms with Gasteiger partial charge in [0.25, 0.3) is 0 Å². The van der Waals surface area contributed by atoms with Crippen molar-refractivity contribution >= 4 is 26.5 Å². The van der Waals surface area contributed by atoms with Gasteiger partial charge in [0.15, 0.2) is 0 Å². The number of nitrogens with one attached hydrogen (secondary N) is 1. The predicted octanol–water partition coefficient (Wildman–Crippen LogP) is -1.37. The molecule has 0 aliphatic rings. The van der Waals surface area contributed by atoms with E-state index in [1.54, 1.807) is 13.2 Å². The van der Waals surface area contributed by atoms with E-state index < -0.39 is 32.6 Å². The minimum Gasteiger partial charge on any atom is -0.351 e. The lowest BCUT2D eigenvalue weighted by atomic mass is 10.2. The van der Waals surface area contributed by atoms with Crippen LogP contribution in [0.25, 0.3) is 0 Å². The molecule has 3 atom stereocenters. The Kier molecular flexibility index (Phi) is 6.88. The summed E-state index contributed by atoms with van der Waals surface area (Å²) in [7, 11) is -4.10. The van der Waals surface area contributed by atoms with E-state index in [4.69, 9.17) is 5.73 Å². The van der Waals surface area contributed by atoms with E-state index in [1.165, 1.54) is 0 Å². The summed E-state index contributed by atoms with van der Waals surface area (Å²) in [5.74, 6) is -0.174. The second-order valence-corrected chi connectivity index (χ2v) is 7.91. The molecule has 0 bridgehead atoms. The van der Waals surface area contributed by atoms with Crippen LogP contribution >= 0.6 is 0 Å². The molecule has 3 unspecified atom stereocenters. The van der Waals surface area contributed by atoms with Gasteiger partial charge in [-0.15, -0.1) is 0 Å². The van der Waals surface area contributed by atoms with Gasteiger partial charge in [0.2, 0.25) is 5.91 Å². The molecule has 0 aromatic carbocycles. The lowest BCUT2D eigenvalue weighted by Crippen LogP contribution is -2.46. The molecule has 3 N–H and O–H groups in total. The molecule has 0 aromatic heterocycles. The molecule has 1 amide bonds. The fraction of sp³-hybridized carbons (Fsp3) is 0.889. The maximum absolute atomic E-state index is 11.5. The van der Waals surface area contributed by atoms with Crippen LogP contribution in [0.3, 0.4) is 0 Å². The van der Waals surface area contributed by atoms with E-state index in [9.17, 15) is 17.4 Å². The smallest absolute Gasteiger partial charge is 0.237 e. The first kappa shape index (κ1) is 16.5. The van der Waals surface area contributed by atoms with Gasteiger partial charge in [0, 0.05) is 35.1 Å². The van der Waals surface area contributed by atoms with Crippen molar-refractivity contribution in [1.29, 1.82) is 0 Å². The van der Waals surface area contributed by atoms with E-state index in [0.29, 0.717) is 5.75 Å². The molecular weight excluding hydrogens is 264 g/mol. The lowest BCUT2D eigenvalue weighted by molar-refractivity contribution is -0.122. The van der Waals surface area contributed by atoms with Crippen molar-refractivity contribution in [2.24, 2.45) is 5.73 Å². The molecule has 0 aliphatic carbocycles. The van der Waals surface area contributed by atoms with Crippen molar-refractivity contribution in [2.75, 3.05) is 24.0 Å². The number of hydrogen-bond donors (Lipinski definition) is 2. The zero-order valence-corrected chi connectivity index (χ0v) is 11.9. The van der Waals surface area contributed by atoms with Crippen molar-refractivity contribution in [3.8, 4) is 0 Å². The van der Waals surface area contributed by atoms with Gasteiger partial charge in [-0.25, -0.2) is 8.42 Å². The SMILES string of the molecule is CC(CS(C)=O)NC(=O)C(N)CCS(C)(=O)=O. The summed E-state index contributed by atoms with van der Waals surface area (Å²) in [4.78, 5) is 11.5. The average molecular weight is 284 g/mol. The number of rotatable bonds is 7. The normalized spacial score (nSPS) is 17.2. The number of sulfone groups is 1. The first-order valence-corrected chi connectivity index (χ1v) is 8.94. The maximum Gasteiger partial charge on any atom is 0.237 e. The van der Waals surface area contributed by atoms with Gasteiger partial charge in [-0.3, -0.25) is 9.00 Å². The molecule has 0 saturated carbocycles. The predicted molar refractivity (Wildman–Crippen MR) is 68.8 cm³/mol. The third-order valence-electron chi connectivity index (χ3n) is 2.01. The van der Waals surface area contributed by atoms with Crippen LogP contribution in [0.4, 0.5) is 0 Å². The van der Waals surface area contributed by atoms with Gasteiger partial charge >= 0.3 is 0 Å². The van der Waals surface area contributed by atoms with Gasteiger partial charge < -0.3 is 11.1 Å². The summed E-state index contributed by atoms with van der Waals surface area (Å²) < 4.78 is 32.7. The Morgan fingerprint density at radius 3 is 2.41 bits per heavy atom. The first-order valence-electron chi connectivity index (χ1n) is 5.15. The first-order chi connectivity index (χ1) is 7.61. The Balaban J connectivity index is 4.10. The van der Waals surface area contributed by atoms with Crippen molar-refractivity contribution in [3.63, 3.8) is 0 Å². The largest absolute Gasteiger partial charge is 0.351 e. The second kappa shape index (κ2) is 7.07. The van der Waals surface area contributed by atoms with Crippen molar-refractivity contribution in [2.45, 2.75) is 25.4 Å². The fourth-order valence-electron chi connectivity index (χ4n) is 1.22. The number of nitrogens with two attached hydrogens (primary N) is 1. The van der Waals surface area contributed by atoms with Crippen LogP contribution < -0.4 is 11.1 Å². The topological polar surface area (TPSA) is 106 Å². The number of carbonyl (C=O) groups excluding carboxylic acids is 1. The molecule has 0 fully saturated rings. The van der Waals surface area contributed by atoms with Crippen LogP contribution in [-0.4, -0.2) is 54.6 Å². The quantitative estimate of drug-likeness (QED) is 0.600. The number of hydrogen-bond acceptors (Lipinski definition) is 5. The Hall–Kier alpha value is -0.470. The average Bonchev–Trinajstić information content (AvgIpc) is 2.11. The van der Waals surface area contributed by atoms with Gasteiger partial charge in [-0.2, -0.15) is 0 Å². The Morgan fingerprint density at radius 2 is 2.00 bits per heavy atom. The molecule has 17 heavy (non-hydrogen) atoms. The zero-order valence-electron chi connectivity index (χ0n) is 10.3. The number of carbonyl (C=O) groups is 1. The van der Waals surface area contributed by atoms with Crippen molar-refractivity contribution in [3.05, 3.63) is 0 Å². The van der Waals surface area contributed by atoms with Gasteiger partial charge in [0.05, 0.1) is 11.8 Å². The van der Waals surface area contributed by atoms with Crippen LogP contribution in [0.1, 0.15) is 13.3 Å². The minimum absolute atomic E-state index is 0.0899. The lowest BCUT2D eigenvalue weighted by Gasteiger charge is -2.16. The molecule has 0 heterocycles. The van der Waals surface area contributed by atoms with Crippen LogP contribution in [0.5, 0.6) is 0 Å².